The van der Waals surface area contributed by atoms with E-state index in [0.29, 0.717) is 11.6 Å². The number of nitrogens with one attached hydrogen (secondary N) is 2. The molecule has 7 heteroatoms. The van der Waals surface area contributed by atoms with E-state index in [1.165, 1.54) is 38.8 Å². The predicted octanol–water partition coefficient (Wildman–Crippen LogP) is 2.87. The van der Waals surface area contributed by atoms with Crippen LogP contribution >= 0.6 is 0 Å². The van der Waals surface area contributed by atoms with Crippen LogP contribution in [0.3, 0.4) is 0 Å². The minimum Gasteiger partial charge on any atom is -0.496 e. The zero-order valence-electron chi connectivity index (χ0n) is 17.3. The smallest absolute Gasteiger partial charge is 0.272 e. The normalized spacial score (nSPS) is 28.1. The second kappa shape index (κ2) is 7.30. The number of anilines is 1. The molecular weight excluding hydrogens is 378 g/mol. The number of carbonyl (C=O) groups excluding carboxylic acids is 1. The number of ether oxygens (including phenoxy) is 1. The molecule has 5 heterocycles. The fourth-order valence-electron chi connectivity index (χ4n) is 5.08. The van der Waals surface area contributed by atoms with E-state index < -0.39 is 0 Å². The van der Waals surface area contributed by atoms with Crippen molar-refractivity contribution in [2.24, 2.45) is 11.8 Å². The van der Waals surface area contributed by atoms with Gasteiger partial charge in [-0.1, -0.05) is 0 Å². The lowest BCUT2D eigenvalue weighted by atomic mass is 9.84. The Hall–Kier alpha value is -2.54. The number of nitrogens with zero attached hydrogens (tertiary/aromatic N) is 3. The fourth-order valence-corrected chi connectivity index (χ4v) is 5.08. The first-order chi connectivity index (χ1) is 14.7. The number of fused-ring (bicyclic) bond motifs is 4. The molecule has 1 aliphatic carbocycles. The lowest BCUT2D eigenvalue weighted by Crippen LogP contribution is -2.57. The van der Waals surface area contributed by atoms with Gasteiger partial charge in [-0.2, -0.15) is 5.10 Å². The largest absolute Gasteiger partial charge is 0.496 e. The average molecular weight is 408 g/mol. The molecule has 1 aromatic carbocycles. The summed E-state index contributed by atoms with van der Waals surface area (Å²) in [6.07, 6.45) is 8.02. The minimum absolute atomic E-state index is 0.0671. The Kier molecular flexibility index (Phi) is 4.44. The van der Waals surface area contributed by atoms with Crippen molar-refractivity contribution in [1.82, 2.24) is 20.4 Å². The molecule has 0 spiro atoms. The Morgan fingerprint density at radius 1 is 1.20 bits per heavy atom. The first-order valence-corrected chi connectivity index (χ1v) is 11.3. The molecule has 1 saturated carbocycles. The van der Waals surface area contributed by atoms with Gasteiger partial charge in [-0.3, -0.25) is 9.89 Å². The Morgan fingerprint density at radius 3 is 2.83 bits per heavy atom. The van der Waals surface area contributed by atoms with Gasteiger partial charge in [0, 0.05) is 42.8 Å². The summed E-state index contributed by atoms with van der Waals surface area (Å²) in [7, 11) is 0. The maximum atomic E-state index is 13.0. The highest BCUT2D eigenvalue weighted by atomic mass is 16.5. The number of piperidine rings is 3. The maximum absolute atomic E-state index is 13.0. The monoisotopic (exact) mass is 407 g/mol. The van der Waals surface area contributed by atoms with Crippen molar-refractivity contribution in [3.8, 4) is 0 Å². The van der Waals surface area contributed by atoms with Crippen LogP contribution in [0.15, 0.2) is 30.2 Å². The molecule has 30 heavy (non-hydrogen) atoms. The molecule has 0 unspecified atom stereocenters. The van der Waals surface area contributed by atoms with Crippen molar-refractivity contribution in [3.63, 3.8) is 0 Å². The van der Waals surface area contributed by atoms with Gasteiger partial charge in [0.15, 0.2) is 5.69 Å². The summed E-state index contributed by atoms with van der Waals surface area (Å²) < 4.78 is 5.95. The number of H-pyrrole nitrogens is 1. The summed E-state index contributed by atoms with van der Waals surface area (Å²) >= 11 is 0. The number of carbonyl (C=O) groups is 1. The van der Waals surface area contributed by atoms with Crippen LogP contribution in [0, 0.1) is 11.8 Å². The van der Waals surface area contributed by atoms with E-state index in [2.05, 4.69) is 43.6 Å². The predicted molar refractivity (Wildman–Crippen MR) is 115 cm³/mol. The zero-order chi connectivity index (χ0) is 20.1. The van der Waals surface area contributed by atoms with E-state index in [-0.39, 0.29) is 11.9 Å². The molecule has 1 amide bonds. The highest BCUT2D eigenvalue weighted by molar-refractivity contribution is 6.05. The summed E-state index contributed by atoms with van der Waals surface area (Å²) in [5.41, 5.74) is 2.47. The van der Waals surface area contributed by atoms with Crippen LogP contribution in [0.25, 0.3) is 10.9 Å². The van der Waals surface area contributed by atoms with Crippen molar-refractivity contribution in [1.29, 1.82) is 0 Å². The molecule has 7 rings (SSSR count). The molecule has 7 nitrogen and oxygen atoms in total. The van der Waals surface area contributed by atoms with Gasteiger partial charge in [-0.05, 0) is 68.8 Å². The molecule has 5 aliphatic rings. The summed E-state index contributed by atoms with van der Waals surface area (Å²) in [5.74, 6) is 2.36. The second-order valence-corrected chi connectivity index (χ2v) is 9.31. The van der Waals surface area contributed by atoms with Crippen molar-refractivity contribution >= 4 is 22.5 Å². The number of benzene rings is 1. The van der Waals surface area contributed by atoms with Crippen LogP contribution in [0.4, 0.5) is 5.69 Å². The second-order valence-electron chi connectivity index (χ2n) is 9.31. The van der Waals surface area contributed by atoms with Crippen LogP contribution < -0.4 is 10.2 Å². The van der Waals surface area contributed by atoms with E-state index in [1.54, 1.807) is 0 Å². The fraction of sp³-hybridized carbons (Fsp3) is 0.565. The van der Waals surface area contributed by atoms with Gasteiger partial charge in [0.25, 0.3) is 5.91 Å². The third kappa shape index (κ3) is 3.45. The highest BCUT2D eigenvalue weighted by Gasteiger charge is 2.35. The molecular formula is C23H29N5O2. The number of amides is 1. The van der Waals surface area contributed by atoms with Crippen molar-refractivity contribution < 1.29 is 9.53 Å². The molecule has 4 aliphatic heterocycles. The summed E-state index contributed by atoms with van der Waals surface area (Å²) in [4.78, 5) is 17.7. The molecule has 1 aromatic heterocycles. The van der Waals surface area contributed by atoms with Crippen LogP contribution in [-0.4, -0.2) is 59.8 Å². The van der Waals surface area contributed by atoms with Crippen molar-refractivity contribution in [3.05, 3.63) is 35.9 Å². The number of aromatic nitrogens is 2. The maximum Gasteiger partial charge on any atom is 0.272 e. The summed E-state index contributed by atoms with van der Waals surface area (Å²) in [6, 6.07) is 6.41. The van der Waals surface area contributed by atoms with Gasteiger partial charge < -0.3 is 19.9 Å². The minimum atomic E-state index is -0.0671. The van der Waals surface area contributed by atoms with E-state index in [4.69, 9.17) is 4.74 Å². The topological polar surface area (TPSA) is 73.5 Å². The van der Waals surface area contributed by atoms with Crippen LogP contribution in [0.1, 0.15) is 42.6 Å². The number of aromatic amines is 1. The van der Waals surface area contributed by atoms with Crippen LogP contribution in [0.2, 0.25) is 0 Å². The number of rotatable bonds is 6. The van der Waals surface area contributed by atoms with Gasteiger partial charge in [0.2, 0.25) is 0 Å². The Bertz CT molecular complexity index is 987. The van der Waals surface area contributed by atoms with E-state index in [0.717, 1.165) is 54.4 Å². The average Bonchev–Trinajstić information content (AvgIpc) is 3.32. The van der Waals surface area contributed by atoms with Gasteiger partial charge in [-0.15, -0.1) is 0 Å². The third-order valence-corrected chi connectivity index (χ3v) is 7.17. The van der Waals surface area contributed by atoms with Crippen LogP contribution in [-0.2, 0) is 4.74 Å². The highest BCUT2D eigenvalue weighted by Crippen LogP contribution is 2.32. The molecule has 2 bridgehead atoms. The van der Waals surface area contributed by atoms with E-state index in [1.807, 2.05) is 6.07 Å². The van der Waals surface area contributed by atoms with Gasteiger partial charge in [-0.25, -0.2) is 0 Å². The molecule has 2 N–H and O–H groups in total. The van der Waals surface area contributed by atoms with E-state index >= 15 is 0 Å². The lowest BCUT2D eigenvalue weighted by molar-refractivity contribution is 0.0618. The Labute approximate surface area is 176 Å². The van der Waals surface area contributed by atoms with Gasteiger partial charge >= 0.3 is 0 Å². The third-order valence-electron chi connectivity index (χ3n) is 7.17. The lowest BCUT2D eigenvalue weighted by Gasteiger charge is -2.44. The van der Waals surface area contributed by atoms with E-state index in [9.17, 15) is 4.79 Å². The quantitative estimate of drug-likeness (QED) is 0.770. The zero-order valence-corrected chi connectivity index (χ0v) is 17.3. The molecule has 4 fully saturated rings. The van der Waals surface area contributed by atoms with Gasteiger partial charge in [0.05, 0.1) is 12.1 Å². The van der Waals surface area contributed by atoms with Crippen molar-refractivity contribution in [2.75, 3.05) is 37.7 Å². The molecule has 158 valence electrons. The molecule has 2 aromatic rings. The molecule has 0 radical (unpaired) electrons. The summed E-state index contributed by atoms with van der Waals surface area (Å²) in [5, 5.41) is 11.5. The number of hydrogen-bond acceptors (Lipinski definition) is 5. The molecule has 1 atom stereocenters. The standard InChI is InChI=1S/C23H29N5O2/c29-23(24-21-13-27-8-5-16(21)6-9-27)22-19-11-17(3-4-20(19)25-26-22)28-10-7-18(12-28)30-14-15-1-2-15/h3-4,11-12,15-16,21H,1-2,5-10,13-14H2,(H,24,29)(H,25,26)/t21-/m1/s1. The first kappa shape index (κ1) is 18.2. The SMILES string of the molecule is O=C(N[C@@H]1CN2CCC1CC2)c1n[nH]c2ccc(N3C=C(OCC4CC4)CC3)cc12. The Balaban J connectivity index is 1.19. The Morgan fingerprint density at radius 2 is 2.07 bits per heavy atom. The van der Waals surface area contributed by atoms with Gasteiger partial charge in [0.1, 0.15) is 5.76 Å². The van der Waals surface area contributed by atoms with Crippen molar-refractivity contribution in [2.45, 2.75) is 38.1 Å². The molecule has 3 saturated heterocycles. The summed E-state index contributed by atoms with van der Waals surface area (Å²) in [6.45, 7) is 5.06. The van der Waals surface area contributed by atoms with Crippen LogP contribution in [0.5, 0.6) is 0 Å². The first-order valence-electron chi connectivity index (χ1n) is 11.3. The number of hydrogen-bond donors (Lipinski definition) is 2.